The number of rotatable bonds is 2. The van der Waals surface area contributed by atoms with Crippen molar-refractivity contribution in [3.05, 3.63) is 17.6 Å². The predicted octanol–water partition coefficient (Wildman–Crippen LogP) is 1.08. The molecule has 0 aliphatic carbocycles. The number of aryl methyl sites for hydroxylation is 2. The summed E-state index contributed by atoms with van der Waals surface area (Å²) in [4.78, 5) is 35.5. The molecule has 3 heterocycles. The second-order valence-electron chi connectivity index (χ2n) is 5.89. The molecule has 1 atom stereocenters. The van der Waals surface area contributed by atoms with Gasteiger partial charge in [-0.15, -0.1) is 0 Å². The molecule has 1 aromatic heterocycles. The zero-order valence-corrected chi connectivity index (χ0v) is 13.4. The van der Waals surface area contributed by atoms with E-state index in [4.69, 9.17) is 4.74 Å². The van der Waals surface area contributed by atoms with Gasteiger partial charge in [-0.2, -0.15) is 4.98 Å². The molecular formula is C15H21N5O3. The summed E-state index contributed by atoms with van der Waals surface area (Å²) in [6.45, 7) is 5.75. The van der Waals surface area contributed by atoms with Gasteiger partial charge in [0.2, 0.25) is 5.88 Å². The molecule has 8 nitrogen and oxygen atoms in total. The van der Waals surface area contributed by atoms with Crippen LogP contribution in [0.4, 0.5) is 9.59 Å². The third-order valence-corrected chi connectivity index (χ3v) is 3.97. The van der Waals surface area contributed by atoms with Gasteiger partial charge in [-0.25, -0.2) is 19.5 Å². The third kappa shape index (κ3) is 3.52. The lowest BCUT2D eigenvalue weighted by Crippen LogP contribution is -2.50. The molecule has 23 heavy (non-hydrogen) atoms. The average Bonchev–Trinajstić information content (AvgIpc) is 2.92. The Morgan fingerprint density at radius 3 is 2.87 bits per heavy atom. The van der Waals surface area contributed by atoms with Crippen molar-refractivity contribution >= 4 is 12.1 Å². The normalized spacial score (nSPS) is 21.3. The molecule has 8 heteroatoms. The van der Waals surface area contributed by atoms with Crippen LogP contribution in [0.3, 0.4) is 0 Å². The van der Waals surface area contributed by atoms with E-state index in [0.717, 1.165) is 18.5 Å². The Balaban J connectivity index is 1.63. The fraction of sp³-hybridized carbons (Fsp3) is 0.600. The molecule has 2 fully saturated rings. The Kier molecular flexibility index (Phi) is 4.31. The number of carbonyl (C=O) groups is 2. The number of aromatic nitrogens is 2. The fourth-order valence-corrected chi connectivity index (χ4v) is 2.95. The van der Waals surface area contributed by atoms with Crippen LogP contribution in [0.2, 0.25) is 0 Å². The van der Waals surface area contributed by atoms with Crippen LogP contribution in [-0.4, -0.2) is 64.1 Å². The Labute approximate surface area is 134 Å². The first-order valence-corrected chi connectivity index (χ1v) is 7.86. The Hall–Kier alpha value is -2.38. The number of ether oxygens (including phenoxy) is 1. The van der Waals surface area contributed by atoms with E-state index in [-0.39, 0.29) is 18.2 Å². The number of amides is 4. The number of piperidine rings is 1. The van der Waals surface area contributed by atoms with Gasteiger partial charge in [0, 0.05) is 31.4 Å². The lowest BCUT2D eigenvalue weighted by molar-refractivity contribution is 0.0879. The highest BCUT2D eigenvalue weighted by Crippen LogP contribution is 2.19. The molecule has 4 amide bonds. The monoisotopic (exact) mass is 319 g/mol. The van der Waals surface area contributed by atoms with Crippen LogP contribution >= 0.6 is 0 Å². The molecule has 0 spiro atoms. The lowest BCUT2D eigenvalue weighted by atomic mass is 10.1. The van der Waals surface area contributed by atoms with Gasteiger partial charge in [-0.1, -0.05) is 0 Å². The Morgan fingerprint density at radius 1 is 1.35 bits per heavy atom. The van der Waals surface area contributed by atoms with Crippen molar-refractivity contribution in [1.82, 2.24) is 25.1 Å². The lowest BCUT2D eigenvalue weighted by Gasteiger charge is -2.34. The molecule has 2 aliphatic heterocycles. The number of hydrogen-bond donors (Lipinski definition) is 1. The third-order valence-electron chi connectivity index (χ3n) is 3.97. The average molecular weight is 319 g/mol. The number of urea groups is 2. The molecule has 1 N–H and O–H groups in total. The van der Waals surface area contributed by atoms with Crippen molar-refractivity contribution < 1.29 is 14.3 Å². The number of likely N-dealkylation sites (tertiary alicyclic amines) is 1. The van der Waals surface area contributed by atoms with Gasteiger partial charge in [0.1, 0.15) is 11.9 Å². The van der Waals surface area contributed by atoms with E-state index < -0.39 is 0 Å². The van der Waals surface area contributed by atoms with Gasteiger partial charge < -0.3 is 15.0 Å². The van der Waals surface area contributed by atoms with Gasteiger partial charge in [0.25, 0.3) is 0 Å². The zero-order chi connectivity index (χ0) is 16.4. The summed E-state index contributed by atoms with van der Waals surface area (Å²) in [5, 5.41) is 2.64. The van der Waals surface area contributed by atoms with Crippen molar-refractivity contribution in [3.8, 4) is 5.88 Å². The first-order valence-electron chi connectivity index (χ1n) is 7.86. The number of imide groups is 1. The van der Waals surface area contributed by atoms with Crippen LogP contribution in [0.5, 0.6) is 5.88 Å². The summed E-state index contributed by atoms with van der Waals surface area (Å²) in [6.07, 6.45) is 1.58. The molecule has 2 aliphatic rings. The maximum atomic E-state index is 12.4. The minimum absolute atomic E-state index is 0.118. The maximum absolute atomic E-state index is 12.4. The largest absolute Gasteiger partial charge is 0.472 e. The minimum atomic E-state index is -0.319. The van der Waals surface area contributed by atoms with E-state index in [1.165, 1.54) is 4.90 Å². The molecule has 1 unspecified atom stereocenters. The number of carbonyl (C=O) groups excluding carboxylic acids is 2. The van der Waals surface area contributed by atoms with Gasteiger partial charge in [0.15, 0.2) is 0 Å². The quantitative estimate of drug-likeness (QED) is 0.881. The van der Waals surface area contributed by atoms with Crippen molar-refractivity contribution in [2.45, 2.75) is 32.8 Å². The molecule has 0 saturated carbocycles. The molecule has 1 aromatic rings. The molecule has 2 saturated heterocycles. The number of nitrogens with one attached hydrogen (secondary N) is 1. The van der Waals surface area contributed by atoms with E-state index in [9.17, 15) is 9.59 Å². The van der Waals surface area contributed by atoms with Gasteiger partial charge >= 0.3 is 12.1 Å². The fourth-order valence-electron chi connectivity index (χ4n) is 2.95. The van der Waals surface area contributed by atoms with Crippen molar-refractivity contribution in [3.63, 3.8) is 0 Å². The van der Waals surface area contributed by atoms with Crippen molar-refractivity contribution in [2.75, 3.05) is 26.2 Å². The number of nitrogens with zero attached hydrogens (tertiary/aromatic N) is 4. The van der Waals surface area contributed by atoms with E-state index in [1.54, 1.807) is 11.0 Å². The van der Waals surface area contributed by atoms with Crippen molar-refractivity contribution in [2.24, 2.45) is 0 Å². The van der Waals surface area contributed by atoms with E-state index in [0.29, 0.717) is 37.9 Å². The molecule has 3 rings (SSSR count). The van der Waals surface area contributed by atoms with Gasteiger partial charge in [-0.3, -0.25) is 0 Å². The summed E-state index contributed by atoms with van der Waals surface area (Å²) >= 11 is 0. The van der Waals surface area contributed by atoms with E-state index in [1.807, 2.05) is 13.8 Å². The molecule has 0 radical (unpaired) electrons. The summed E-state index contributed by atoms with van der Waals surface area (Å²) in [5.41, 5.74) is 0.852. The number of hydrogen-bond acceptors (Lipinski definition) is 5. The topological polar surface area (TPSA) is 87.7 Å². The van der Waals surface area contributed by atoms with Crippen LogP contribution in [0.15, 0.2) is 6.07 Å². The van der Waals surface area contributed by atoms with E-state index >= 15 is 0 Å². The Bertz CT molecular complexity index is 601. The first kappa shape index (κ1) is 15.5. The summed E-state index contributed by atoms with van der Waals surface area (Å²) in [6, 6.07) is 1.23. The molecular weight excluding hydrogens is 298 g/mol. The Morgan fingerprint density at radius 2 is 2.17 bits per heavy atom. The highest BCUT2D eigenvalue weighted by Gasteiger charge is 2.33. The molecule has 0 bridgehead atoms. The van der Waals surface area contributed by atoms with Crippen LogP contribution in [0.25, 0.3) is 0 Å². The summed E-state index contributed by atoms with van der Waals surface area (Å²) in [5.74, 6) is 1.20. The smallest absolute Gasteiger partial charge is 0.328 e. The highest BCUT2D eigenvalue weighted by molar-refractivity contribution is 5.95. The van der Waals surface area contributed by atoms with Crippen LogP contribution in [0, 0.1) is 13.8 Å². The molecule has 124 valence electrons. The van der Waals surface area contributed by atoms with Gasteiger partial charge in [0.05, 0.1) is 6.54 Å². The summed E-state index contributed by atoms with van der Waals surface area (Å²) < 4.78 is 5.92. The molecule has 0 aromatic carbocycles. The van der Waals surface area contributed by atoms with Crippen molar-refractivity contribution in [1.29, 1.82) is 0 Å². The second kappa shape index (κ2) is 6.39. The standard InChI is InChI=1S/C15H21N5O3/c1-10-8-13(18-11(2)17-10)23-12-4-3-6-19(9-12)15(22)20-7-5-16-14(20)21/h8,12H,3-7,9H2,1-2H3,(H,16,21). The van der Waals surface area contributed by atoms with Crippen LogP contribution < -0.4 is 10.1 Å². The van der Waals surface area contributed by atoms with E-state index in [2.05, 4.69) is 15.3 Å². The van der Waals surface area contributed by atoms with Crippen LogP contribution in [-0.2, 0) is 0 Å². The van der Waals surface area contributed by atoms with Crippen LogP contribution in [0.1, 0.15) is 24.4 Å². The highest BCUT2D eigenvalue weighted by atomic mass is 16.5. The summed E-state index contributed by atoms with van der Waals surface area (Å²) in [7, 11) is 0. The SMILES string of the molecule is Cc1cc(OC2CCCN(C(=O)N3CCNC3=O)C2)nc(C)n1. The maximum Gasteiger partial charge on any atom is 0.328 e. The first-order chi connectivity index (χ1) is 11.0. The minimum Gasteiger partial charge on any atom is -0.472 e. The second-order valence-corrected chi connectivity index (χ2v) is 5.89. The zero-order valence-electron chi connectivity index (χ0n) is 13.4. The van der Waals surface area contributed by atoms with Gasteiger partial charge in [-0.05, 0) is 26.7 Å². The predicted molar refractivity (Wildman–Crippen MR) is 82.2 cm³/mol.